The van der Waals surface area contributed by atoms with Crippen molar-refractivity contribution in [2.75, 3.05) is 0 Å². The van der Waals surface area contributed by atoms with Crippen LogP contribution in [0.3, 0.4) is 0 Å². The summed E-state index contributed by atoms with van der Waals surface area (Å²) in [6.45, 7) is 5.94. The maximum Gasteiger partial charge on any atom is 3.00 e. The molecule has 358 valence electrons. The molecule has 11 aromatic rings. The second kappa shape index (κ2) is 20.9. The number of aromatic nitrogens is 3. The second-order valence-electron chi connectivity index (χ2n) is 19.8. The minimum absolute atomic E-state index is 0. The van der Waals surface area contributed by atoms with Gasteiger partial charge in [0, 0.05) is 33.6 Å². The molecule has 0 unspecified atom stereocenters. The number of nitrogens with zero attached hydrogens (tertiary/aromatic N) is 3. The van der Waals surface area contributed by atoms with E-state index in [1.54, 1.807) is 42.5 Å². The van der Waals surface area contributed by atoms with Crippen molar-refractivity contribution in [3.63, 3.8) is 0 Å². The number of furan rings is 1. The maximum absolute atomic E-state index is 10.1. The molecule has 0 radical (unpaired) electrons. The smallest absolute Gasteiger partial charge is 0.500 e. The van der Waals surface area contributed by atoms with E-state index >= 15 is 0 Å². The Morgan fingerprint density at radius 1 is 0.493 bits per heavy atom. The molecule has 0 amide bonds. The van der Waals surface area contributed by atoms with Gasteiger partial charge in [0.25, 0.3) is 0 Å². The Hall–Kier alpha value is -7.56. The first-order chi connectivity index (χ1) is 37.7. The van der Waals surface area contributed by atoms with E-state index in [-0.39, 0.29) is 47.9 Å². The number of benzene rings is 7. The van der Waals surface area contributed by atoms with E-state index in [9.17, 15) is 5.48 Å². The quantitative estimate of drug-likeness (QED) is 0.102. The number of hydrogen-bond acceptors (Lipinski definition) is 4. The molecule has 0 saturated carbocycles. The second-order valence-corrected chi connectivity index (χ2v) is 19.8. The van der Waals surface area contributed by atoms with E-state index < -0.39 is 30.4 Å². The van der Waals surface area contributed by atoms with Crippen LogP contribution in [0, 0.1) is 25.1 Å². The molecule has 0 N–H and O–H groups in total. The van der Waals surface area contributed by atoms with Gasteiger partial charge in [0.05, 0.1) is 5.58 Å². The standard InChI is InChI=1S/C68H56N3O.Ir/c1-46-17-15-16-24-58(46)59-40-64(54-28-34-66-61(39-54)60-38-53(27-33-65(60)72-66)50-18-9-6-10-19-50)69-43-55(59)26-25-47-35-48(41-67(2,3)56-29-31-62(70-44-56)51-20-11-7-12-21-51)37-49(36-47)42-68(4,5)57-30-32-63(71-45-57)52-22-13-8-14-23-52;/h6-20,22,24,27,29-40,43-45H,25-26,41-42H2,1-5H3;/q-3;+3/i1D3,25D2,26D2;. The fourth-order valence-electron chi connectivity index (χ4n) is 9.74. The van der Waals surface area contributed by atoms with Crippen LogP contribution in [-0.2, 0) is 56.5 Å². The molecule has 0 fully saturated rings. The first-order valence-corrected chi connectivity index (χ1v) is 24.3. The van der Waals surface area contributed by atoms with Gasteiger partial charge in [-0.3, -0.25) is 0 Å². The van der Waals surface area contributed by atoms with Crippen molar-refractivity contribution in [3.05, 3.63) is 258 Å². The van der Waals surface area contributed by atoms with Gasteiger partial charge in [-0.2, -0.15) is 0 Å². The molecule has 4 aromatic heterocycles. The van der Waals surface area contributed by atoms with Crippen LogP contribution in [0.25, 0.3) is 78.0 Å². The van der Waals surface area contributed by atoms with Crippen LogP contribution in [0.15, 0.2) is 205 Å². The van der Waals surface area contributed by atoms with Gasteiger partial charge < -0.3 is 19.4 Å². The summed E-state index contributed by atoms with van der Waals surface area (Å²) in [4.78, 5) is 14.5. The summed E-state index contributed by atoms with van der Waals surface area (Å²) in [7, 11) is 0. The first kappa shape index (κ1) is 41.0. The number of aryl methyl sites for hydroxylation is 3. The minimum Gasteiger partial charge on any atom is -0.500 e. The molecule has 0 aliphatic rings. The summed E-state index contributed by atoms with van der Waals surface area (Å²) in [5.74, 6) is 0. The van der Waals surface area contributed by atoms with Crippen LogP contribution >= 0.6 is 0 Å². The third-order valence-electron chi connectivity index (χ3n) is 13.7. The fourth-order valence-corrected chi connectivity index (χ4v) is 9.74. The van der Waals surface area contributed by atoms with Gasteiger partial charge in [0.1, 0.15) is 5.58 Å². The largest absolute Gasteiger partial charge is 3.00 e. The van der Waals surface area contributed by atoms with Crippen molar-refractivity contribution in [2.24, 2.45) is 0 Å². The number of pyridine rings is 3. The van der Waals surface area contributed by atoms with Crippen molar-refractivity contribution < 1.29 is 34.1 Å². The van der Waals surface area contributed by atoms with Crippen molar-refractivity contribution in [1.82, 2.24) is 15.0 Å². The molecule has 0 atom stereocenters. The summed E-state index contributed by atoms with van der Waals surface area (Å²) in [5.41, 5.74) is 10.9. The topological polar surface area (TPSA) is 51.8 Å². The molecule has 73 heavy (non-hydrogen) atoms. The molecule has 11 rings (SSSR count). The average Bonchev–Trinajstić information content (AvgIpc) is 3.86. The molecule has 5 heteroatoms. The van der Waals surface area contributed by atoms with E-state index in [1.807, 2.05) is 109 Å². The molecule has 4 nitrogen and oxygen atoms in total. The number of rotatable bonds is 14. The minimum atomic E-state index is -2.79. The van der Waals surface area contributed by atoms with E-state index in [1.165, 1.54) is 12.3 Å². The van der Waals surface area contributed by atoms with Gasteiger partial charge in [0.15, 0.2) is 0 Å². The van der Waals surface area contributed by atoms with Crippen LogP contribution in [0.1, 0.15) is 76.2 Å². The van der Waals surface area contributed by atoms with Gasteiger partial charge in [-0.1, -0.05) is 142 Å². The monoisotopic (exact) mass is 1130 g/mol. The van der Waals surface area contributed by atoms with Crippen LogP contribution in [0.4, 0.5) is 0 Å². The summed E-state index contributed by atoms with van der Waals surface area (Å²) >= 11 is 0. The molecule has 4 heterocycles. The van der Waals surface area contributed by atoms with Crippen LogP contribution in [-0.4, -0.2) is 15.0 Å². The molecule has 0 aliphatic heterocycles. The fraction of sp³-hybridized carbons (Fsp3) is 0.162. The molecule has 0 spiro atoms. The first-order valence-electron chi connectivity index (χ1n) is 27.8. The number of fused-ring (bicyclic) bond motifs is 3. The number of hydrogen-bond donors (Lipinski definition) is 0. The summed E-state index contributed by atoms with van der Waals surface area (Å²) in [6, 6.07) is 67.1. The molecule has 0 saturated heterocycles. The van der Waals surface area contributed by atoms with Crippen molar-refractivity contribution >= 4 is 21.9 Å². The third kappa shape index (κ3) is 10.7. The van der Waals surface area contributed by atoms with Crippen molar-refractivity contribution in [3.8, 4) is 56.0 Å². The Bertz CT molecular complexity index is 3880. The zero-order chi connectivity index (χ0) is 55.3. The van der Waals surface area contributed by atoms with Gasteiger partial charge in [0.2, 0.25) is 0 Å². The van der Waals surface area contributed by atoms with Gasteiger partial charge in [-0.05, 0) is 134 Å². The predicted octanol–water partition coefficient (Wildman–Crippen LogP) is 16.6. The van der Waals surface area contributed by atoms with E-state index in [4.69, 9.17) is 23.5 Å². The molecule has 7 aromatic carbocycles. The van der Waals surface area contributed by atoms with Crippen molar-refractivity contribution in [2.45, 2.75) is 71.0 Å². The van der Waals surface area contributed by atoms with Crippen LogP contribution < -0.4 is 0 Å². The van der Waals surface area contributed by atoms with E-state index in [0.717, 1.165) is 66.7 Å². The average molecular weight is 1130 g/mol. The Kier molecular flexibility index (Phi) is 11.7. The SMILES string of the molecule is [2H]C([2H])([2H])c1ccccc1-c1cc(-c2[c-]cc3oc4ccc(-c5ccccc5)cc4c3c2)ncc1C([2H])([2H])C([2H])([2H])c1cc(CC(C)(C)c2ccc(-c3[c-]cccc3)nc2)cc(CC(C)(C)c2ccc(-c3[c-]cccc3)nc2)c1.[Ir+3]. The molecule has 0 bridgehead atoms. The molecular weight excluding hydrogens is 1070 g/mol. The summed E-state index contributed by atoms with van der Waals surface area (Å²) < 4.78 is 72.5. The molecule has 0 aliphatic carbocycles. The zero-order valence-corrected chi connectivity index (χ0v) is 43.4. The van der Waals surface area contributed by atoms with E-state index in [0.29, 0.717) is 35.3 Å². The Labute approximate surface area is 453 Å². The normalized spacial score (nSPS) is 13.7. The van der Waals surface area contributed by atoms with Gasteiger partial charge in [-0.15, -0.1) is 95.6 Å². The molecular formula is C68H56IrN3O. The Balaban J connectivity index is 0.00000720. The van der Waals surface area contributed by atoms with Crippen molar-refractivity contribution in [1.29, 1.82) is 0 Å². The van der Waals surface area contributed by atoms with Crippen LogP contribution in [0.5, 0.6) is 0 Å². The van der Waals surface area contributed by atoms with Crippen LogP contribution in [0.2, 0.25) is 0 Å². The van der Waals surface area contributed by atoms with Gasteiger partial charge in [-0.25, -0.2) is 0 Å². The Morgan fingerprint density at radius 3 is 1.71 bits per heavy atom. The van der Waals surface area contributed by atoms with E-state index in [2.05, 4.69) is 82.3 Å². The summed E-state index contributed by atoms with van der Waals surface area (Å²) in [5, 5.41) is 1.71. The maximum atomic E-state index is 10.1. The predicted molar refractivity (Wildman–Crippen MR) is 296 cm³/mol. The zero-order valence-electron chi connectivity index (χ0n) is 48.0. The third-order valence-corrected chi connectivity index (χ3v) is 13.7. The Morgan fingerprint density at radius 2 is 1.10 bits per heavy atom. The summed E-state index contributed by atoms with van der Waals surface area (Å²) in [6.07, 6.45) is 0.587. The van der Waals surface area contributed by atoms with Gasteiger partial charge >= 0.3 is 20.1 Å².